The Hall–Kier alpha value is -1.95. The van der Waals surface area contributed by atoms with Gasteiger partial charge in [-0.25, -0.2) is 0 Å². The highest BCUT2D eigenvalue weighted by Gasteiger charge is 2.55. The second kappa shape index (κ2) is 9.46. The molecule has 0 aliphatic carbocycles. The van der Waals surface area contributed by atoms with Crippen molar-refractivity contribution in [2.45, 2.75) is 44.9 Å². The molecule has 1 fully saturated rings. The van der Waals surface area contributed by atoms with Crippen LogP contribution in [0.1, 0.15) is 34.1 Å². The van der Waals surface area contributed by atoms with Gasteiger partial charge in [0.25, 0.3) is 0 Å². The molecule has 1 aliphatic heterocycles. The van der Waals surface area contributed by atoms with Gasteiger partial charge in [0.15, 0.2) is 8.07 Å². The SMILES string of the molecule is COC(=O)C(C)CN1CCCNC1[Si](c1ccccc1)(c1ccccc1)C(C)(C)C. The van der Waals surface area contributed by atoms with Crippen LogP contribution in [-0.4, -0.2) is 51.5 Å². The number of hydrogen-bond acceptors (Lipinski definition) is 4. The van der Waals surface area contributed by atoms with Gasteiger partial charge in [0.2, 0.25) is 0 Å². The van der Waals surface area contributed by atoms with Crippen molar-refractivity contribution in [3.05, 3.63) is 60.7 Å². The second-order valence-electron chi connectivity index (χ2n) is 9.42. The number of carbonyl (C=O) groups excluding carboxylic acids is 1. The monoisotopic (exact) mass is 424 g/mol. The molecule has 30 heavy (non-hydrogen) atoms. The summed E-state index contributed by atoms with van der Waals surface area (Å²) in [6.07, 6.45) is 1.09. The Labute approximate surface area is 182 Å². The minimum atomic E-state index is -2.36. The Kier molecular flexibility index (Phi) is 7.16. The van der Waals surface area contributed by atoms with Crippen LogP contribution in [0.5, 0.6) is 0 Å². The van der Waals surface area contributed by atoms with Gasteiger partial charge in [-0.3, -0.25) is 9.69 Å². The lowest BCUT2D eigenvalue weighted by Crippen LogP contribution is -2.80. The number of ether oxygens (including phenoxy) is 1. The number of carbonyl (C=O) groups is 1. The molecule has 1 saturated heterocycles. The number of hydrogen-bond donors (Lipinski definition) is 1. The first-order chi connectivity index (χ1) is 14.3. The van der Waals surface area contributed by atoms with Gasteiger partial charge >= 0.3 is 5.97 Å². The zero-order chi connectivity index (χ0) is 21.8. The number of nitrogens with zero attached hydrogens (tertiary/aromatic N) is 1. The van der Waals surface area contributed by atoms with Crippen LogP contribution < -0.4 is 15.7 Å². The average Bonchev–Trinajstić information content (AvgIpc) is 2.75. The molecule has 0 saturated carbocycles. The molecule has 0 spiro atoms. The summed E-state index contributed by atoms with van der Waals surface area (Å²) >= 11 is 0. The van der Waals surface area contributed by atoms with Crippen LogP contribution in [0.3, 0.4) is 0 Å². The van der Waals surface area contributed by atoms with Gasteiger partial charge in [-0.1, -0.05) is 98.7 Å². The molecule has 1 aliphatic rings. The number of methoxy groups -OCH3 is 1. The highest BCUT2D eigenvalue weighted by molar-refractivity contribution is 7.05. The molecule has 1 N–H and O–H groups in total. The van der Waals surface area contributed by atoms with E-state index < -0.39 is 8.07 Å². The lowest BCUT2D eigenvalue weighted by atomic mass is 10.1. The summed E-state index contributed by atoms with van der Waals surface area (Å²) in [6, 6.07) is 22.1. The number of nitrogens with one attached hydrogen (secondary N) is 1. The van der Waals surface area contributed by atoms with Gasteiger partial charge in [0.05, 0.1) is 18.8 Å². The normalized spacial score (nSPS) is 19.3. The number of rotatable bonds is 6. The third-order valence-corrected chi connectivity index (χ3v) is 12.7. The molecule has 0 bridgehead atoms. The summed E-state index contributed by atoms with van der Waals surface area (Å²) in [7, 11) is -0.882. The van der Waals surface area contributed by atoms with Crippen LogP contribution in [0.25, 0.3) is 0 Å². The predicted molar refractivity (Wildman–Crippen MR) is 127 cm³/mol. The zero-order valence-electron chi connectivity index (χ0n) is 19.0. The van der Waals surface area contributed by atoms with E-state index in [2.05, 4.69) is 91.7 Å². The molecule has 162 valence electrons. The van der Waals surface area contributed by atoms with Crippen LogP contribution in [0.4, 0.5) is 0 Å². The molecule has 3 rings (SSSR count). The third kappa shape index (κ3) is 4.24. The van der Waals surface area contributed by atoms with Gasteiger partial charge in [0.1, 0.15) is 0 Å². The van der Waals surface area contributed by atoms with E-state index in [1.165, 1.54) is 17.5 Å². The van der Waals surface area contributed by atoms with E-state index in [1.54, 1.807) is 0 Å². The van der Waals surface area contributed by atoms with E-state index in [0.717, 1.165) is 19.5 Å². The van der Waals surface area contributed by atoms with Crippen LogP contribution in [-0.2, 0) is 9.53 Å². The van der Waals surface area contributed by atoms with Crippen molar-refractivity contribution in [3.63, 3.8) is 0 Å². The van der Waals surface area contributed by atoms with E-state index in [4.69, 9.17) is 4.74 Å². The van der Waals surface area contributed by atoms with Gasteiger partial charge in [0, 0.05) is 13.1 Å². The molecule has 0 aromatic heterocycles. The Morgan fingerprint density at radius 1 is 1.10 bits per heavy atom. The molecule has 2 atom stereocenters. The van der Waals surface area contributed by atoms with Crippen LogP contribution in [0, 0.1) is 5.92 Å². The Morgan fingerprint density at radius 3 is 2.10 bits per heavy atom. The van der Waals surface area contributed by atoms with Crippen LogP contribution in [0.15, 0.2) is 60.7 Å². The quantitative estimate of drug-likeness (QED) is 0.572. The molecule has 0 amide bonds. The molecule has 2 aromatic carbocycles. The first kappa shape index (κ1) is 22.7. The molecule has 0 radical (unpaired) electrons. The van der Waals surface area contributed by atoms with E-state index in [1.807, 2.05) is 6.92 Å². The summed E-state index contributed by atoms with van der Waals surface area (Å²) in [5, 5.41) is 6.82. The van der Waals surface area contributed by atoms with Crippen molar-refractivity contribution in [1.29, 1.82) is 0 Å². The molecule has 5 heteroatoms. The number of esters is 1. The van der Waals surface area contributed by atoms with Crippen LogP contribution >= 0.6 is 0 Å². The lowest BCUT2D eigenvalue weighted by Gasteiger charge is -2.54. The Morgan fingerprint density at radius 2 is 1.63 bits per heavy atom. The van der Waals surface area contributed by atoms with E-state index in [0.29, 0.717) is 6.54 Å². The van der Waals surface area contributed by atoms with E-state index in [9.17, 15) is 4.79 Å². The fraction of sp³-hybridized carbons (Fsp3) is 0.480. The largest absolute Gasteiger partial charge is 0.469 e. The fourth-order valence-corrected chi connectivity index (χ4v) is 11.4. The molecule has 1 heterocycles. The fourth-order valence-electron chi connectivity index (χ4n) is 5.19. The minimum Gasteiger partial charge on any atom is -0.469 e. The second-order valence-corrected chi connectivity index (χ2v) is 14.2. The summed E-state index contributed by atoms with van der Waals surface area (Å²) in [6.45, 7) is 11.8. The van der Waals surface area contributed by atoms with Crippen LogP contribution in [0.2, 0.25) is 5.04 Å². The van der Waals surface area contributed by atoms with Crippen molar-refractivity contribution in [2.75, 3.05) is 26.7 Å². The van der Waals surface area contributed by atoms with Gasteiger partial charge in [-0.2, -0.15) is 0 Å². The minimum absolute atomic E-state index is 0.0530. The molecule has 2 unspecified atom stereocenters. The van der Waals surface area contributed by atoms with Gasteiger partial charge in [-0.15, -0.1) is 0 Å². The summed E-state index contributed by atoms with van der Waals surface area (Å²) in [4.78, 5) is 14.7. The van der Waals surface area contributed by atoms with Crippen molar-refractivity contribution in [3.8, 4) is 0 Å². The molecular weight excluding hydrogens is 388 g/mol. The summed E-state index contributed by atoms with van der Waals surface area (Å²) < 4.78 is 5.04. The van der Waals surface area contributed by atoms with Crippen molar-refractivity contribution < 1.29 is 9.53 Å². The zero-order valence-corrected chi connectivity index (χ0v) is 20.0. The smallest absolute Gasteiger partial charge is 0.309 e. The average molecular weight is 425 g/mol. The topological polar surface area (TPSA) is 41.6 Å². The van der Waals surface area contributed by atoms with E-state index in [-0.39, 0.29) is 22.7 Å². The molecular formula is C25H36N2O2Si. The van der Waals surface area contributed by atoms with Gasteiger partial charge < -0.3 is 10.1 Å². The predicted octanol–water partition coefficient (Wildman–Crippen LogP) is 3.02. The third-order valence-electron chi connectivity index (χ3n) is 6.49. The maximum atomic E-state index is 12.2. The van der Waals surface area contributed by atoms with E-state index >= 15 is 0 Å². The molecule has 2 aromatic rings. The highest BCUT2D eigenvalue weighted by Crippen LogP contribution is 2.39. The van der Waals surface area contributed by atoms with Crippen molar-refractivity contribution in [2.24, 2.45) is 5.92 Å². The maximum absolute atomic E-state index is 12.2. The first-order valence-corrected chi connectivity index (χ1v) is 13.1. The molecule has 4 nitrogen and oxygen atoms in total. The van der Waals surface area contributed by atoms with Crippen molar-refractivity contribution in [1.82, 2.24) is 10.2 Å². The summed E-state index contributed by atoms with van der Waals surface area (Å²) in [5.74, 6) is -0.0967. The van der Waals surface area contributed by atoms with Gasteiger partial charge in [-0.05, 0) is 18.0 Å². The first-order valence-electron chi connectivity index (χ1n) is 11.0. The standard InChI is InChI=1S/C25H36N2O2Si/c1-20(23(28)29-5)19-27-18-12-17-26-24(27)30(25(2,3)4,21-13-8-6-9-14-21)22-15-10-7-11-16-22/h6-11,13-16,20,24,26H,12,17-19H2,1-5H3. The lowest BCUT2D eigenvalue weighted by molar-refractivity contribution is -0.145. The van der Waals surface area contributed by atoms with Crippen molar-refractivity contribution >= 4 is 24.4 Å². The maximum Gasteiger partial charge on any atom is 0.309 e. The number of benzene rings is 2. The Bertz CT molecular complexity index is 781. The summed E-state index contributed by atoms with van der Waals surface area (Å²) in [5.41, 5.74) is 0. The highest BCUT2D eigenvalue weighted by atomic mass is 28.3. The Balaban J connectivity index is 2.18.